The van der Waals surface area contributed by atoms with Crippen molar-refractivity contribution in [2.24, 2.45) is 0 Å². The summed E-state index contributed by atoms with van der Waals surface area (Å²) in [5.74, 6) is 0.576. The van der Waals surface area contributed by atoms with Crippen LogP contribution in [-0.2, 0) is 4.74 Å². The molecule has 0 aliphatic heterocycles. The van der Waals surface area contributed by atoms with E-state index in [4.69, 9.17) is 15.6 Å². The first-order chi connectivity index (χ1) is 6.65. The highest BCUT2D eigenvalue weighted by atomic mass is 16.5. The van der Waals surface area contributed by atoms with Crippen LogP contribution in [0.15, 0.2) is 18.3 Å². The van der Waals surface area contributed by atoms with Crippen LogP contribution in [0.4, 0.5) is 0 Å². The molecule has 1 rings (SSSR count). The normalized spacial score (nSPS) is 9.93. The molecule has 0 radical (unpaired) electrons. The number of nitrogens with one attached hydrogen (secondary N) is 1. The smallest absolute Gasteiger partial charge is 0.392 e. The van der Waals surface area contributed by atoms with Gasteiger partial charge >= 0.3 is 5.90 Å². The van der Waals surface area contributed by atoms with Crippen LogP contribution < -0.4 is 5.41 Å². The fourth-order valence-corrected chi connectivity index (χ4v) is 1.06. The molecule has 0 aliphatic rings. The molecule has 0 aliphatic carbocycles. The largest absolute Gasteiger partial charge is 0.392 e. The Hall–Kier alpha value is -1.71. The summed E-state index contributed by atoms with van der Waals surface area (Å²) in [4.78, 5) is 4.05. The van der Waals surface area contributed by atoms with Gasteiger partial charge < -0.3 is 4.74 Å². The number of nitrogens with two attached hydrogens (primary N) is 1. The summed E-state index contributed by atoms with van der Waals surface area (Å²) < 4.78 is 4.74. The Bertz CT molecular complexity index is 347. The van der Waals surface area contributed by atoms with E-state index in [0.29, 0.717) is 11.6 Å². The Balaban J connectivity index is 2.93. The number of rotatable bonds is 3. The predicted octanol–water partition coefficient (Wildman–Crippen LogP) is 0.334. The van der Waals surface area contributed by atoms with Gasteiger partial charge in [-0.05, 0) is 23.6 Å². The lowest BCUT2D eigenvalue weighted by Gasteiger charge is -2.04. The lowest BCUT2D eigenvalue weighted by Crippen LogP contribution is -2.42. The van der Waals surface area contributed by atoms with Crippen molar-refractivity contribution in [3.8, 4) is 0 Å². The minimum absolute atomic E-state index is 0.155. The van der Waals surface area contributed by atoms with Crippen LogP contribution in [0, 0.1) is 5.41 Å². The summed E-state index contributed by atoms with van der Waals surface area (Å²) in [7, 11) is 0. The van der Waals surface area contributed by atoms with E-state index in [2.05, 4.69) is 18.8 Å². The van der Waals surface area contributed by atoms with Crippen LogP contribution in [0.1, 0.15) is 31.0 Å². The zero-order valence-electron chi connectivity index (χ0n) is 8.32. The Morgan fingerprint density at radius 2 is 2.36 bits per heavy atom. The van der Waals surface area contributed by atoms with Gasteiger partial charge in [-0.15, -0.1) is 0 Å². The molecule has 14 heavy (non-hydrogen) atoms. The molecule has 0 atom stereocenters. The molecule has 0 saturated heterocycles. The number of aromatic nitrogens is 1. The summed E-state index contributed by atoms with van der Waals surface area (Å²) in [5, 5.41) is 12.3. The van der Waals surface area contributed by atoms with E-state index in [1.165, 1.54) is 0 Å². The van der Waals surface area contributed by atoms with Crippen LogP contribution in [0.5, 0.6) is 0 Å². The van der Waals surface area contributed by atoms with E-state index in [1.54, 1.807) is 6.20 Å². The fraction of sp³-hybridized carbons (Fsp3) is 0.300. The number of hydrogen-bond donors (Lipinski definition) is 2. The lowest BCUT2D eigenvalue weighted by atomic mass is 10.0. The summed E-state index contributed by atoms with van der Waals surface area (Å²) in [6.45, 7) is 4.18. The fourth-order valence-electron chi connectivity index (χ4n) is 1.06. The highest BCUT2D eigenvalue weighted by Crippen LogP contribution is 2.13. The second kappa shape index (κ2) is 4.50. The zero-order valence-corrected chi connectivity index (χ0v) is 8.32. The van der Waals surface area contributed by atoms with Gasteiger partial charge in [0.1, 0.15) is 0 Å². The maximum atomic E-state index is 6.74. The Labute approximate surface area is 83.0 Å². The highest BCUT2D eigenvalue weighted by Gasteiger charge is 2.10. The van der Waals surface area contributed by atoms with Crippen molar-refractivity contribution in [1.29, 1.82) is 5.41 Å². The molecular formula is C10H14N3O+. The second-order valence-corrected chi connectivity index (χ2v) is 3.23. The van der Waals surface area contributed by atoms with Crippen molar-refractivity contribution >= 4 is 12.3 Å². The number of pyridine rings is 1. The first-order valence-electron chi connectivity index (χ1n) is 4.39. The van der Waals surface area contributed by atoms with Crippen molar-refractivity contribution in [2.45, 2.75) is 19.8 Å². The zero-order chi connectivity index (χ0) is 10.6. The minimum Gasteiger partial charge on any atom is -0.392 e. The molecule has 4 heteroatoms. The van der Waals surface area contributed by atoms with Crippen molar-refractivity contribution in [2.75, 3.05) is 0 Å². The average molecular weight is 192 g/mol. The standard InChI is InChI=1S/C10H13N3O/c1-7(2)8-3-4-13-9(5-8)10(12)14-6-11/h3-7,11-12H,1-2H3/p+1. The van der Waals surface area contributed by atoms with E-state index in [1.807, 2.05) is 12.1 Å². The van der Waals surface area contributed by atoms with Crippen LogP contribution in [0.25, 0.3) is 0 Å². The second-order valence-electron chi connectivity index (χ2n) is 3.23. The third kappa shape index (κ3) is 2.39. The summed E-state index contributed by atoms with van der Waals surface area (Å²) in [6, 6.07) is 3.80. The molecule has 0 saturated carbocycles. The monoisotopic (exact) mass is 192 g/mol. The molecule has 1 heterocycles. The Kier molecular flexibility index (Phi) is 3.34. The van der Waals surface area contributed by atoms with Crippen molar-refractivity contribution in [3.05, 3.63) is 29.6 Å². The highest BCUT2D eigenvalue weighted by molar-refractivity contribution is 5.91. The molecule has 0 spiro atoms. The Morgan fingerprint density at radius 1 is 1.64 bits per heavy atom. The molecule has 3 N–H and O–H groups in total. The minimum atomic E-state index is 0.155. The van der Waals surface area contributed by atoms with Crippen molar-refractivity contribution in [3.63, 3.8) is 0 Å². The molecule has 0 unspecified atom stereocenters. The Morgan fingerprint density at radius 3 is 2.93 bits per heavy atom. The first kappa shape index (κ1) is 10.4. The molecule has 74 valence electrons. The predicted molar refractivity (Wildman–Crippen MR) is 54.2 cm³/mol. The molecule has 0 amide bonds. The van der Waals surface area contributed by atoms with E-state index in [0.717, 1.165) is 12.0 Å². The molecule has 1 aromatic rings. The number of hydrogen-bond acceptors (Lipinski definition) is 3. The third-order valence-corrected chi connectivity index (χ3v) is 1.89. The topological polar surface area (TPSA) is 71.6 Å². The maximum absolute atomic E-state index is 6.74. The van der Waals surface area contributed by atoms with Gasteiger partial charge in [-0.1, -0.05) is 13.8 Å². The average Bonchev–Trinajstić information content (AvgIpc) is 2.18. The quantitative estimate of drug-likeness (QED) is 0.535. The van der Waals surface area contributed by atoms with Crippen LogP contribution >= 0.6 is 0 Å². The maximum Gasteiger partial charge on any atom is 0.392 e. The summed E-state index contributed by atoms with van der Waals surface area (Å²) >= 11 is 0. The summed E-state index contributed by atoms with van der Waals surface area (Å²) in [6.07, 6.45) is 2.48. The van der Waals surface area contributed by atoms with Crippen molar-refractivity contribution in [1.82, 2.24) is 4.98 Å². The molecule has 4 nitrogen and oxygen atoms in total. The van der Waals surface area contributed by atoms with Gasteiger partial charge in [0.15, 0.2) is 12.1 Å². The third-order valence-electron chi connectivity index (χ3n) is 1.89. The van der Waals surface area contributed by atoms with E-state index in [-0.39, 0.29) is 5.90 Å². The van der Waals surface area contributed by atoms with E-state index < -0.39 is 0 Å². The van der Waals surface area contributed by atoms with Crippen LogP contribution in [0.2, 0.25) is 0 Å². The van der Waals surface area contributed by atoms with Gasteiger partial charge in [0.25, 0.3) is 0 Å². The molecule has 0 fully saturated rings. The van der Waals surface area contributed by atoms with Gasteiger partial charge in [0.2, 0.25) is 0 Å². The van der Waals surface area contributed by atoms with E-state index >= 15 is 0 Å². The SMILES string of the molecule is CC(C)c1ccnc(C(=[NH2+])OC=N)c1. The van der Waals surface area contributed by atoms with Gasteiger partial charge in [-0.3, -0.25) is 5.41 Å². The van der Waals surface area contributed by atoms with Crippen LogP contribution in [-0.4, -0.2) is 17.3 Å². The summed E-state index contributed by atoms with van der Waals surface area (Å²) in [5.41, 5.74) is 1.71. The molecule has 0 aromatic carbocycles. The van der Waals surface area contributed by atoms with Crippen LogP contribution in [0.3, 0.4) is 0 Å². The molecular weight excluding hydrogens is 178 g/mol. The molecule has 1 aromatic heterocycles. The van der Waals surface area contributed by atoms with Gasteiger partial charge in [-0.2, -0.15) is 0 Å². The first-order valence-corrected chi connectivity index (χ1v) is 4.39. The van der Waals surface area contributed by atoms with Gasteiger partial charge in [0.05, 0.1) is 0 Å². The van der Waals surface area contributed by atoms with Crippen molar-refractivity contribution < 1.29 is 10.1 Å². The molecule has 0 bridgehead atoms. The van der Waals surface area contributed by atoms with Gasteiger partial charge in [-0.25, -0.2) is 10.4 Å². The number of ether oxygens (including phenoxy) is 1. The van der Waals surface area contributed by atoms with E-state index in [9.17, 15) is 0 Å². The lowest BCUT2D eigenvalue weighted by molar-refractivity contribution is -0.130. The van der Waals surface area contributed by atoms with Gasteiger partial charge in [0, 0.05) is 6.20 Å². The number of nitrogens with zero attached hydrogens (tertiary/aromatic N) is 1.